The predicted octanol–water partition coefficient (Wildman–Crippen LogP) is 1.07. The molecule has 0 amide bonds. The molecule has 1 aliphatic rings. The number of nitrogens with zero attached hydrogens (tertiary/aromatic N) is 4. The Hall–Kier alpha value is -2.20. The summed E-state index contributed by atoms with van der Waals surface area (Å²) in [4.78, 5) is 10.8. The van der Waals surface area contributed by atoms with E-state index >= 15 is 0 Å². The van der Waals surface area contributed by atoms with Gasteiger partial charge < -0.3 is 14.7 Å². The predicted molar refractivity (Wildman–Crippen MR) is 93.1 cm³/mol. The van der Waals surface area contributed by atoms with Crippen molar-refractivity contribution in [2.24, 2.45) is 0 Å². The molecule has 2 N–H and O–H groups in total. The lowest BCUT2D eigenvalue weighted by Gasteiger charge is -2.16. The van der Waals surface area contributed by atoms with Gasteiger partial charge in [0.2, 0.25) is 10.0 Å². The van der Waals surface area contributed by atoms with Gasteiger partial charge in [0.05, 0.1) is 0 Å². The second kappa shape index (κ2) is 7.36. The van der Waals surface area contributed by atoms with E-state index in [4.69, 9.17) is 4.52 Å². The molecule has 3 rings (SSSR count). The van der Waals surface area contributed by atoms with Crippen LogP contribution in [0.4, 0.5) is 11.6 Å². The number of hydrogen-bond donors (Lipinski definition) is 2. The molecular formula is C15H22N6O3S. The van der Waals surface area contributed by atoms with Gasteiger partial charge in [0, 0.05) is 32.2 Å². The third-order valence-electron chi connectivity index (χ3n) is 4.04. The molecule has 1 saturated heterocycles. The Kier molecular flexibility index (Phi) is 5.19. The Morgan fingerprint density at radius 3 is 2.64 bits per heavy atom. The summed E-state index contributed by atoms with van der Waals surface area (Å²) >= 11 is 0. The highest BCUT2D eigenvalue weighted by Crippen LogP contribution is 2.19. The SMILES string of the molecule is Cc1noc(C)c1S(=O)(=O)NCCNc1cc(N2CCCC2)ncn1. The molecule has 0 unspecified atom stereocenters. The maximum Gasteiger partial charge on any atom is 0.246 e. The van der Waals surface area contributed by atoms with Crippen LogP contribution in [-0.2, 0) is 10.0 Å². The third-order valence-corrected chi connectivity index (χ3v) is 5.75. The molecule has 1 fully saturated rings. The van der Waals surface area contributed by atoms with Crippen LogP contribution in [0.15, 0.2) is 21.8 Å². The fourth-order valence-electron chi connectivity index (χ4n) is 2.87. The summed E-state index contributed by atoms with van der Waals surface area (Å²) in [5.74, 6) is 1.85. The minimum absolute atomic E-state index is 0.103. The van der Waals surface area contributed by atoms with Crippen LogP contribution in [-0.4, -0.2) is 49.7 Å². The molecular weight excluding hydrogens is 344 g/mol. The molecule has 0 radical (unpaired) electrons. The first-order chi connectivity index (χ1) is 12.0. The van der Waals surface area contributed by atoms with Gasteiger partial charge in [-0.1, -0.05) is 5.16 Å². The quantitative estimate of drug-likeness (QED) is 0.700. The van der Waals surface area contributed by atoms with E-state index in [1.54, 1.807) is 13.8 Å². The van der Waals surface area contributed by atoms with Crippen molar-refractivity contribution >= 4 is 21.7 Å². The lowest BCUT2D eigenvalue weighted by Crippen LogP contribution is -2.29. The highest BCUT2D eigenvalue weighted by molar-refractivity contribution is 7.89. The molecule has 0 saturated carbocycles. The lowest BCUT2D eigenvalue weighted by atomic mass is 10.4. The molecule has 25 heavy (non-hydrogen) atoms. The Morgan fingerprint density at radius 1 is 1.20 bits per heavy atom. The molecule has 0 bridgehead atoms. The third kappa shape index (κ3) is 4.07. The average molecular weight is 366 g/mol. The van der Waals surface area contributed by atoms with Gasteiger partial charge in [-0.15, -0.1) is 0 Å². The van der Waals surface area contributed by atoms with Gasteiger partial charge in [0.1, 0.15) is 28.6 Å². The van der Waals surface area contributed by atoms with Gasteiger partial charge in [0.15, 0.2) is 5.76 Å². The number of aromatic nitrogens is 3. The van der Waals surface area contributed by atoms with Gasteiger partial charge in [-0.25, -0.2) is 23.1 Å². The molecule has 0 aliphatic carbocycles. The zero-order chi connectivity index (χ0) is 17.9. The minimum Gasteiger partial charge on any atom is -0.369 e. The number of hydrogen-bond acceptors (Lipinski definition) is 8. The molecule has 2 aromatic heterocycles. The molecule has 0 atom stereocenters. The van der Waals surface area contributed by atoms with Crippen LogP contribution >= 0.6 is 0 Å². The fraction of sp³-hybridized carbons (Fsp3) is 0.533. The van der Waals surface area contributed by atoms with Crippen molar-refractivity contribution in [3.05, 3.63) is 23.8 Å². The summed E-state index contributed by atoms with van der Waals surface area (Å²) in [7, 11) is -3.64. The van der Waals surface area contributed by atoms with Crippen LogP contribution < -0.4 is 14.9 Å². The van der Waals surface area contributed by atoms with E-state index in [2.05, 4.69) is 30.1 Å². The zero-order valence-corrected chi connectivity index (χ0v) is 15.1. The highest BCUT2D eigenvalue weighted by Gasteiger charge is 2.23. The van der Waals surface area contributed by atoms with Crippen LogP contribution in [0, 0.1) is 13.8 Å². The van der Waals surface area contributed by atoms with Crippen molar-refractivity contribution in [1.29, 1.82) is 0 Å². The van der Waals surface area contributed by atoms with E-state index in [1.807, 2.05) is 6.07 Å². The average Bonchev–Trinajstić information content (AvgIpc) is 3.22. The molecule has 0 spiro atoms. The van der Waals surface area contributed by atoms with Crippen LogP contribution in [0.2, 0.25) is 0 Å². The number of rotatable bonds is 7. The molecule has 0 aromatic carbocycles. The minimum atomic E-state index is -3.64. The second-order valence-corrected chi connectivity index (χ2v) is 7.64. The monoisotopic (exact) mass is 366 g/mol. The second-order valence-electron chi connectivity index (χ2n) is 5.93. The number of nitrogens with one attached hydrogen (secondary N) is 2. The Morgan fingerprint density at radius 2 is 1.96 bits per heavy atom. The first-order valence-corrected chi connectivity index (χ1v) is 9.69. The largest absolute Gasteiger partial charge is 0.369 e. The van der Waals surface area contributed by atoms with Crippen molar-refractivity contribution in [1.82, 2.24) is 19.8 Å². The van der Waals surface area contributed by atoms with E-state index in [0.717, 1.165) is 18.9 Å². The van der Waals surface area contributed by atoms with Gasteiger partial charge in [0.25, 0.3) is 0 Å². The zero-order valence-electron chi connectivity index (χ0n) is 14.3. The molecule has 1 aliphatic heterocycles. The van der Waals surface area contributed by atoms with Crippen molar-refractivity contribution in [3.63, 3.8) is 0 Å². The first-order valence-electron chi connectivity index (χ1n) is 8.21. The van der Waals surface area contributed by atoms with Crippen LogP contribution in [0.25, 0.3) is 0 Å². The summed E-state index contributed by atoms with van der Waals surface area (Å²) < 4.78 is 32.1. The fourth-order valence-corrected chi connectivity index (χ4v) is 4.23. The Bertz CT molecular complexity index is 810. The maximum atomic E-state index is 12.3. The van der Waals surface area contributed by atoms with E-state index in [9.17, 15) is 8.42 Å². The van der Waals surface area contributed by atoms with E-state index in [-0.39, 0.29) is 17.2 Å². The molecule has 136 valence electrons. The summed E-state index contributed by atoms with van der Waals surface area (Å²) in [6.07, 6.45) is 3.87. The van der Waals surface area contributed by atoms with E-state index < -0.39 is 10.0 Å². The lowest BCUT2D eigenvalue weighted by molar-refractivity contribution is 0.390. The van der Waals surface area contributed by atoms with Gasteiger partial charge in [-0.2, -0.15) is 0 Å². The normalized spacial score (nSPS) is 14.9. The van der Waals surface area contributed by atoms with Crippen LogP contribution in [0.3, 0.4) is 0 Å². The smallest absolute Gasteiger partial charge is 0.246 e. The topological polar surface area (TPSA) is 113 Å². The number of sulfonamides is 1. The standard InChI is InChI=1S/C15H22N6O3S/c1-11-15(12(2)24-20-11)25(22,23)19-6-5-16-13-9-14(18-10-17-13)21-7-3-4-8-21/h9-10,19H,3-8H2,1-2H3,(H,16,17,18). The molecule has 10 heteroatoms. The molecule has 3 heterocycles. The van der Waals surface area contributed by atoms with E-state index in [1.165, 1.54) is 19.2 Å². The number of aryl methyl sites for hydroxylation is 2. The maximum absolute atomic E-state index is 12.3. The van der Waals surface area contributed by atoms with E-state index in [0.29, 0.717) is 18.1 Å². The summed E-state index contributed by atoms with van der Waals surface area (Å²) in [5, 5.41) is 6.79. The Labute approximate surface area is 146 Å². The van der Waals surface area contributed by atoms with Crippen molar-refractivity contribution in [2.45, 2.75) is 31.6 Å². The van der Waals surface area contributed by atoms with Crippen molar-refractivity contribution < 1.29 is 12.9 Å². The van der Waals surface area contributed by atoms with Crippen molar-refractivity contribution in [2.75, 3.05) is 36.4 Å². The first kappa shape index (κ1) is 17.6. The van der Waals surface area contributed by atoms with Crippen molar-refractivity contribution in [3.8, 4) is 0 Å². The molecule has 9 nitrogen and oxygen atoms in total. The van der Waals surface area contributed by atoms with Crippen LogP contribution in [0.5, 0.6) is 0 Å². The van der Waals surface area contributed by atoms with Gasteiger partial charge in [-0.3, -0.25) is 0 Å². The molecule has 2 aromatic rings. The van der Waals surface area contributed by atoms with Gasteiger partial charge >= 0.3 is 0 Å². The number of anilines is 2. The Balaban J connectivity index is 1.54. The summed E-state index contributed by atoms with van der Waals surface area (Å²) in [6, 6.07) is 1.88. The summed E-state index contributed by atoms with van der Waals surface area (Å²) in [5.41, 5.74) is 0.351. The highest BCUT2D eigenvalue weighted by atomic mass is 32.2. The van der Waals surface area contributed by atoms with Gasteiger partial charge in [-0.05, 0) is 26.7 Å². The summed E-state index contributed by atoms with van der Waals surface area (Å²) in [6.45, 7) is 5.81. The van der Waals surface area contributed by atoms with Crippen LogP contribution in [0.1, 0.15) is 24.3 Å².